The van der Waals surface area contributed by atoms with Crippen LogP contribution in [0.25, 0.3) is 0 Å². The number of hydrogen-bond donors (Lipinski definition) is 22. The number of carbonyl (C=O) groups excluding carboxylic acids is 6. The molecule has 4 saturated heterocycles. The highest BCUT2D eigenvalue weighted by Crippen LogP contribution is 2.34. The molecule has 590 valence electrons. The van der Waals surface area contributed by atoms with Crippen molar-refractivity contribution in [3.05, 3.63) is 125 Å². The van der Waals surface area contributed by atoms with Gasteiger partial charge in [0, 0.05) is 12.3 Å². The van der Waals surface area contributed by atoms with E-state index in [1.165, 1.54) is 31.4 Å². The van der Waals surface area contributed by atoms with Crippen LogP contribution in [-0.2, 0) is 72.1 Å². The zero-order chi connectivity index (χ0) is 77.8. The molecule has 39 heteroatoms. The standard InChI is InChI=1S/C69H92N12O27/c1-30(34-11-7-4-8-12-34)46-62(98)75-36(19-31-13-16-35(17-14-31)104-66-58(95)55(92)59(43(26-84)106-66)108-67-57(94)54(91)52(89)44(107-67)29-102-27-33-15-18-40(101-2)41(20-33)103-28-32-9-5-3-6-10-32)61(97)79-47(49(86)37-21-73-68(70)77-37)64(100)80-48(63(99)76-38(24-82)60(96)72-23-45(85)78-46)50(87)39-22-74-69(71)81(39)65-56(93)53(90)51(88)42(25-83)105-65/h3-18,20,30,36-39,42-44,46-59,65-67,82-84,86-95H,19,21-29H2,1-2H3,(H2,71,74)(H,72,96)(H,75,98)(H,76,99)(H,78,85)(H,79,97)(H,80,100)(H3,70,73,77)/t30?,36-,37?,38+,39?,42-,43-,44-,46+,47+,48-,49?,50?,51-,52-,53+,54+,55-,56+,57+,58+,59-,65+,66+,67-/m1/s1. The SMILES string of the molecule is COc1ccc(COC[C@H]2O[C@H](O[C@H]3[C@H](O)[C@H](O)[C@@H](Oc4ccc(C[C@H]5NC(=O)[C@H](C(C)c6ccccc6)NC(=O)CNC(=O)[C@H](CO)NC(=O)[C@@H](C(O)C6CN=C(N)N6[C@H]6O[C@H](CO)[C@@H](O)[C@H](O)[C@@H]6O)NC(=O)[C@H](C(O)C6CN=C(N)N6)NC5=O)cc4)O[C@@H]3CO)[C@@H](O)[C@@H](O)[C@@H]2O)cc1OCc1ccccc1. The summed E-state index contributed by atoms with van der Waals surface area (Å²) >= 11 is 0. The number of hydrogen-bond acceptors (Lipinski definition) is 33. The first-order chi connectivity index (χ1) is 51.7. The van der Waals surface area contributed by atoms with Crippen LogP contribution >= 0.6 is 0 Å². The molecule has 4 aromatic carbocycles. The second-order valence-corrected chi connectivity index (χ2v) is 26.7. The van der Waals surface area contributed by atoms with E-state index in [-0.39, 0.29) is 43.6 Å². The Bertz CT molecular complexity index is 3760. The fourth-order valence-electron chi connectivity index (χ4n) is 13.1. The Labute approximate surface area is 616 Å². The Kier molecular flexibility index (Phi) is 27.8. The lowest BCUT2D eigenvalue weighted by atomic mass is 9.92. The maximum atomic E-state index is 15.2. The number of methoxy groups -OCH3 is 1. The summed E-state index contributed by atoms with van der Waals surface area (Å²) in [5.41, 5.74) is 14.4. The van der Waals surface area contributed by atoms with Gasteiger partial charge in [0.25, 0.3) is 0 Å². The van der Waals surface area contributed by atoms with Gasteiger partial charge in [0.05, 0.1) is 71.9 Å². The van der Waals surface area contributed by atoms with Crippen molar-refractivity contribution in [3.63, 3.8) is 0 Å². The second kappa shape index (κ2) is 36.9. The average Bonchev–Trinajstić information content (AvgIpc) is 1.71. The van der Waals surface area contributed by atoms with Crippen molar-refractivity contribution >= 4 is 47.4 Å². The molecule has 0 spiro atoms. The summed E-state index contributed by atoms with van der Waals surface area (Å²) in [7, 11) is 1.49. The van der Waals surface area contributed by atoms with E-state index in [0.29, 0.717) is 22.6 Å². The highest BCUT2D eigenvalue weighted by Gasteiger charge is 2.54. The van der Waals surface area contributed by atoms with Crippen molar-refractivity contribution in [2.75, 3.05) is 53.2 Å². The third-order valence-corrected chi connectivity index (χ3v) is 19.4. The Morgan fingerprint density at radius 3 is 1.83 bits per heavy atom. The summed E-state index contributed by atoms with van der Waals surface area (Å²) in [6.45, 7) is -3.36. The first-order valence-corrected chi connectivity index (χ1v) is 34.6. The molecule has 6 aliphatic heterocycles. The predicted octanol–water partition coefficient (Wildman–Crippen LogP) is -9.80. The summed E-state index contributed by atoms with van der Waals surface area (Å²) < 4.78 is 46.7. The smallest absolute Gasteiger partial charge is 0.246 e. The molecule has 24 N–H and O–H groups in total. The highest BCUT2D eigenvalue weighted by molar-refractivity contribution is 5.98. The molecular formula is C69H92N12O27. The zero-order valence-corrected chi connectivity index (χ0v) is 58.3. The first kappa shape index (κ1) is 81.4. The fourth-order valence-corrected chi connectivity index (χ4v) is 13.1. The topological polar surface area (TPSA) is 603 Å². The van der Waals surface area contributed by atoms with Crippen LogP contribution < -0.4 is 62.9 Å². The van der Waals surface area contributed by atoms with E-state index in [9.17, 15) is 85.6 Å². The maximum Gasteiger partial charge on any atom is 0.246 e. The highest BCUT2D eigenvalue weighted by atomic mass is 16.7. The number of amides is 6. The molecule has 6 amide bonds. The van der Waals surface area contributed by atoms with E-state index in [1.54, 1.807) is 55.5 Å². The van der Waals surface area contributed by atoms with Gasteiger partial charge in [0.15, 0.2) is 35.9 Å². The van der Waals surface area contributed by atoms with Crippen LogP contribution in [0.3, 0.4) is 0 Å². The molecule has 25 atom stereocenters. The van der Waals surface area contributed by atoms with Crippen molar-refractivity contribution < 1.29 is 133 Å². The van der Waals surface area contributed by atoms with Crippen molar-refractivity contribution in [3.8, 4) is 17.2 Å². The number of aliphatic hydroxyl groups excluding tert-OH is 13. The fraction of sp³-hybridized carbons (Fsp3) is 0.536. The van der Waals surface area contributed by atoms with Crippen molar-refractivity contribution in [1.29, 1.82) is 0 Å². The quantitative estimate of drug-likeness (QED) is 0.0310. The summed E-state index contributed by atoms with van der Waals surface area (Å²) in [6.07, 6.45) is -31.8. The van der Waals surface area contributed by atoms with Gasteiger partial charge in [-0.3, -0.25) is 38.8 Å². The molecule has 5 unspecified atom stereocenters. The summed E-state index contributed by atoms with van der Waals surface area (Å²) in [4.78, 5) is 96.8. The van der Waals surface area contributed by atoms with E-state index in [2.05, 4.69) is 47.2 Å². The van der Waals surface area contributed by atoms with Gasteiger partial charge in [-0.2, -0.15) is 0 Å². The van der Waals surface area contributed by atoms with Gasteiger partial charge >= 0.3 is 0 Å². The number of benzene rings is 4. The van der Waals surface area contributed by atoms with Gasteiger partial charge < -0.3 is 158 Å². The molecule has 0 aliphatic carbocycles. The Balaban J connectivity index is 0.875. The number of aliphatic hydroxyl groups is 13. The van der Waals surface area contributed by atoms with E-state index >= 15 is 9.59 Å². The number of nitrogens with one attached hydrogen (secondary N) is 7. The first-order valence-electron chi connectivity index (χ1n) is 34.6. The second-order valence-electron chi connectivity index (χ2n) is 26.7. The van der Waals surface area contributed by atoms with Crippen molar-refractivity contribution in [2.24, 2.45) is 21.5 Å². The van der Waals surface area contributed by atoms with Gasteiger partial charge in [-0.25, -0.2) is 0 Å². The monoisotopic (exact) mass is 1520 g/mol. The lowest BCUT2D eigenvalue weighted by molar-refractivity contribution is -0.353. The summed E-state index contributed by atoms with van der Waals surface area (Å²) in [5.74, 6) is -8.16. The molecule has 0 saturated carbocycles. The summed E-state index contributed by atoms with van der Waals surface area (Å²) in [6, 6.07) is 15.3. The lowest BCUT2D eigenvalue weighted by Gasteiger charge is -2.46. The Morgan fingerprint density at radius 2 is 1.17 bits per heavy atom. The van der Waals surface area contributed by atoms with E-state index in [4.69, 9.17) is 49.4 Å². The van der Waals surface area contributed by atoms with Crippen LogP contribution in [-0.4, -0.2) is 318 Å². The molecule has 0 bridgehead atoms. The normalized spacial score (nSPS) is 33.4. The molecule has 10 rings (SSSR count). The summed E-state index contributed by atoms with van der Waals surface area (Å²) in [5, 5.41) is 161. The third-order valence-electron chi connectivity index (χ3n) is 19.4. The van der Waals surface area contributed by atoms with E-state index < -0.39 is 233 Å². The van der Waals surface area contributed by atoms with Crippen molar-refractivity contribution in [1.82, 2.24) is 42.1 Å². The molecule has 0 aromatic heterocycles. The number of nitrogens with two attached hydrogens (primary N) is 2. The largest absolute Gasteiger partial charge is 0.493 e. The molecular weight excluding hydrogens is 1430 g/mol. The average molecular weight is 1520 g/mol. The molecule has 4 aromatic rings. The number of aliphatic imine (C=N–C) groups is 2. The number of carbonyl (C=O) groups is 6. The molecule has 108 heavy (non-hydrogen) atoms. The zero-order valence-electron chi connectivity index (χ0n) is 58.3. The molecule has 0 radical (unpaired) electrons. The number of rotatable bonds is 24. The van der Waals surface area contributed by atoms with Gasteiger partial charge in [-0.05, 0) is 46.5 Å². The minimum Gasteiger partial charge on any atom is -0.493 e. The molecule has 6 aliphatic rings. The minimum absolute atomic E-state index is 0.0487. The molecule has 6 heterocycles. The molecule has 4 fully saturated rings. The Hall–Kier alpha value is -9.08. The van der Waals surface area contributed by atoms with Crippen LogP contribution in [0.1, 0.15) is 35.1 Å². The van der Waals surface area contributed by atoms with Gasteiger partial charge in [-0.15, -0.1) is 0 Å². The third kappa shape index (κ3) is 19.1. The predicted molar refractivity (Wildman–Crippen MR) is 369 cm³/mol. The van der Waals surface area contributed by atoms with Crippen LogP contribution in [0, 0.1) is 0 Å². The van der Waals surface area contributed by atoms with Gasteiger partial charge in [-0.1, -0.05) is 85.8 Å². The minimum atomic E-state index is -2.36. The number of nitrogens with zero attached hydrogens (tertiary/aromatic N) is 3. The lowest BCUT2D eigenvalue weighted by Crippen LogP contribution is -2.70. The van der Waals surface area contributed by atoms with Gasteiger partial charge in [0.2, 0.25) is 41.7 Å². The van der Waals surface area contributed by atoms with Crippen LogP contribution in [0.2, 0.25) is 0 Å². The maximum absolute atomic E-state index is 15.2. The number of guanidine groups is 2. The van der Waals surface area contributed by atoms with E-state index in [0.717, 1.165) is 10.5 Å². The molecule has 39 nitrogen and oxygen atoms in total. The number of ether oxygens (including phenoxy) is 8. The Morgan fingerprint density at radius 1 is 0.556 bits per heavy atom. The van der Waals surface area contributed by atoms with Crippen molar-refractivity contribution in [2.45, 2.75) is 179 Å². The van der Waals surface area contributed by atoms with E-state index in [1.807, 2.05) is 30.3 Å². The van der Waals surface area contributed by atoms with Gasteiger partial charge in [0.1, 0.15) is 128 Å². The van der Waals surface area contributed by atoms with Crippen LogP contribution in [0.5, 0.6) is 17.2 Å². The van der Waals surface area contributed by atoms with Crippen LogP contribution in [0.4, 0.5) is 0 Å². The van der Waals surface area contributed by atoms with Crippen LogP contribution in [0.15, 0.2) is 113 Å².